The smallest absolute Gasteiger partial charge is 0.300 e. The summed E-state index contributed by atoms with van der Waals surface area (Å²) in [7, 11) is 2.13. The van der Waals surface area contributed by atoms with Crippen LogP contribution in [-0.4, -0.2) is 29.7 Å². The zero-order valence-corrected chi connectivity index (χ0v) is 17.4. The van der Waals surface area contributed by atoms with Crippen LogP contribution in [-0.2, 0) is 11.3 Å². The van der Waals surface area contributed by atoms with Gasteiger partial charge in [0.2, 0.25) is 0 Å². The van der Waals surface area contributed by atoms with E-state index in [1.54, 1.807) is 11.8 Å². The van der Waals surface area contributed by atoms with Crippen LogP contribution in [0.3, 0.4) is 0 Å². The van der Waals surface area contributed by atoms with Crippen LogP contribution in [0.5, 0.6) is 0 Å². The molecule has 2 aromatic carbocycles. The van der Waals surface area contributed by atoms with Crippen molar-refractivity contribution in [2.45, 2.75) is 24.8 Å². The van der Waals surface area contributed by atoms with E-state index in [0.717, 1.165) is 25.6 Å². The van der Waals surface area contributed by atoms with Crippen molar-refractivity contribution in [3.05, 3.63) is 65.7 Å². The molecule has 3 N–H and O–H groups in total. The predicted molar refractivity (Wildman–Crippen MR) is 118 cm³/mol. The van der Waals surface area contributed by atoms with Crippen LogP contribution >= 0.6 is 11.8 Å². The van der Waals surface area contributed by atoms with Crippen molar-refractivity contribution in [2.24, 2.45) is 5.73 Å². The number of nitrogens with two attached hydrogens (primary N) is 1. The zero-order chi connectivity index (χ0) is 20.8. The number of carboxylic acid groups (broad SMARTS) is 1. The Kier molecular flexibility index (Phi) is 6.85. The number of rotatable bonds is 4. The summed E-state index contributed by atoms with van der Waals surface area (Å²) in [5.41, 5.74) is 7.81. The van der Waals surface area contributed by atoms with Gasteiger partial charge in [-0.2, -0.15) is 0 Å². The number of carboxylic acids is 1. The van der Waals surface area contributed by atoms with Crippen LogP contribution in [0.4, 0.5) is 5.69 Å². The molecule has 0 saturated heterocycles. The Hall–Kier alpha value is -2.90. The van der Waals surface area contributed by atoms with Crippen molar-refractivity contribution >= 4 is 40.3 Å². The first-order valence-electron chi connectivity index (χ1n) is 9.39. The fourth-order valence-corrected chi connectivity index (χ4v) is 4.21. The van der Waals surface area contributed by atoms with E-state index < -0.39 is 5.97 Å². The summed E-state index contributed by atoms with van der Waals surface area (Å²) in [6.07, 6.45) is 7.06. The van der Waals surface area contributed by atoms with Crippen molar-refractivity contribution in [2.75, 3.05) is 18.5 Å². The highest BCUT2D eigenvalue weighted by atomic mass is 32.2. The highest BCUT2D eigenvalue weighted by Gasteiger charge is 2.24. The number of aryl methyl sites for hydroxylation is 1. The molecule has 1 aliphatic rings. The third-order valence-corrected chi connectivity index (χ3v) is 5.58. The van der Waals surface area contributed by atoms with Crippen LogP contribution in [0, 0.1) is 0 Å². The Morgan fingerprint density at radius 2 is 2.03 bits per heavy atom. The van der Waals surface area contributed by atoms with Gasteiger partial charge >= 0.3 is 0 Å². The van der Waals surface area contributed by atoms with E-state index in [1.807, 2.05) is 6.33 Å². The second kappa shape index (κ2) is 9.54. The molecule has 0 radical (unpaired) electrons. The van der Waals surface area contributed by atoms with Gasteiger partial charge in [0, 0.05) is 36.4 Å². The van der Waals surface area contributed by atoms with Gasteiger partial charge in [0.05, 0.1) is 23.5 Å². The van der Waals surface area contributed by atoms with Gasteiger partial charge in [0.25, 0.3) is 12.3 Å². The first-order chi connectivity index (χ1) is 14.0. The molecule has 1 aromatic heterocycles. The van der Waals surface area contributed by atoms with Gasteiger partial charge in [-0.15, -0.1) is 0 Å². The van der Waals surface area contributed by atoms with E-state index in [9.17, 15) is 0 Å². The Morgan fingerprint density at radius 1 is 1.28 bits per heavy atom. The highest BCUT2D eigenvalue weighted by Crippen LogP contribution is 2.48. The summed E-state index contributed by atoms with van der Waals surface area (Å²) in [6, 6.07) is 15.0. The maximum absolute atomic E-state index is 9.00. The molecule has 0 spiro atoms. The molecular weight excluding hydrogens is 384 g/mol. The summed E-state index contributed by atoms with van der Waals surface area (Å²) < 4.78 is 2.07. The third kappa shape index (κ3) is 5.13. The second-order valence-electron chi connectivity index (χ2n) is 6.66. The molecule has 0 saturated carbocycles. The van der Waals surface area contributed by atoms with Gasteiger partial charge in [-0.25, -0.2) is 4.57 Å². The Labute approximate surface area is 174 Å². The molecule has 3 aromatic rings. The zero-order valence-electron chi connectivity index (χ0n) is 16.6. The molecule has 6 nitrogen and oxygen atoms in total. The normalized spacial score (nSPS) is 13.9. The molecule has 1 aliphatic heterocycles. The quantitative estimate of drug-likeness (QED) is 0.642. The van der Waals surface area contributed by atoms with Crippen LogP contribution in [0.15, 0.2) is 64.9 Å². The first kappa shape index (κ1) is 20.8. The lowest BCUT2D eigenvalue weighted by atomic mass is 10.1. The highest BCUT2D eigenvalue weighted by molar-refractivity contribution is 8.04. The molecule has 0 unspecified atom stereocenters. The minimum absolute atomic E-state index is 0.701. The molecule has 0 aliphatic carbocycles. The molecule has 29 heavy (non-hydrogen) atoms. The minimum atomic E-state index is -0.833. The van der Waals surface area contributed by atoms with Crippen LogP contribution in [0.1, 0.15) is 19.0 Å². The number of hydrogen-bond donors (Lipinski definition) is 2. The molecule has 0 bridgehead atoms. The number of aromatic nitrogens is 2. The molecule has 150 valence electrons. The summed E-state index contributed by atoms with van der Waals surface area (Å²) in [4.78, 5) is 17.1. The van der Waals surface area contributed by atoms with E-state index in [1.165, 1.54) is 26.4 Å². The molecule has 2 heterocycles. The lowest BCUT2D eigenvalue weighted by Crippen LogP contribution is -2.34. The van der Waals surface area contributed by atoms with Gasteiger partial charge in [-0.3, -0.25) is 4.79 Å². The largest absolute Gasteiger partial charge is 0.481 e. The van der Waals surface area contributed by atoms with Crippen molar-refractivity contribution in [3.8, 4) is 0 Å². The maximum Gasteiger partial charge on any atom is 0.300 e. The standard InChI is InChI=1S/C20H21N4S.C2H4O2/c1-23-19(13-16-9-12-24(14-22-16)11-4-10-21)25-18-8-7-15-5-2-3-6-17(15)20(18)23;1-2(3)4/h2-3,5-9,12-14H,4,10-11,21H2,1H3;1H3,(H,3,4)/q+1;. The topological polar surface area (TPSA) is 83.3 Å². The fourth-order valence-electron chi connectivity index (χ4n) is 3.09. The number of benzene rings is 2. The van der Waals surface area contributed by atoms with Crippen LogP contribution in [0.2, 0.25) is 0 Å². The van der Waals surface area contributed by atoms with Gasteiger partial charge < -0.3 is 15.7 Å². The number of aliphatic carboxylic acids is 1. The van der Waals surface area contributed by atoms with Gasteiger partial charge in [-0.05, 0) is 29.4 Å². The molecule has 7 heteroatoms. The van der Waals surface area contributed by atoms with E-state index in [4.69, 9.17) is 15.6 Å². The molecular formula is C22H25N4O2S+. The van der Waals surface area contributed by atoms with Crippen molar-refractivity contribution in [3.63, 3.8) is 0 Å². The second-order valence-corrected chi connectivity index (χ2v) is 7.72. The van der Waals surface area contributed by atoms with Crippen LogP contribution in [0.25, 0.3) is 16.8 Å². The van der Waals surface area contributed by atoms with Crippen molar-refractivity contribution < 1.29 is 14.5 Å². The lowest BCUT2D eigenvalue weighted by Gasteiger charge is -2.15. The lowest BCUT2D eigenvalue weighted by molar-refractivity contribution is -0.700. The van der Waals surface area contributed by atoms with Crippen molar-refractivity contribution in [1.29, 1.82) is 0 Å². The number of hydrogen-bond acceptors (Lipinski definition) is 5. The van der Waals surface area contributed by atoms with Crippen molar-refractivity contribution in [1.82, 2.24) is 4.98 Å². The first-order valence-corrected chi connectivity index (χ1v) is 10.2. The summed E-state index contributed by atoms with van der Waals surface area (Å²) >= 11 is 1.80. The Balaban J connectivity index is 0.000000552. The maximum atomic E-state index is 9.00. The number of carbonyl (C=O) groups is 1. The minimum Gasteiger partial charge on any atom is -0.481 e. The number of nitrogens with zero attached hydrogens (tertiary/aromatic N) is 3. The Bertz CT molecular complexity index is 1030. The van der Waals surface area contributed by atoms with Crippen LogP contribution < -0.4 is 15.2 Å². The van der Waals surface area contributed by atoms with Gasteiger partial charge in [0.15, 0.2) is 5.69 Å². The molecule has 0 fully saturated rings. The summed E-state index contributed by atoms with van der Waals surface area (Å²) in [5, 5.41) is 11.2. The SMILES string of the molecule is CC(=O)O.CN1C(=Cc2cc[n+](CCCN)cn2)Sc2ccc3ccccc3c21. The predicted octanol–water partition coefficient (Wildman–Crippen LogP) is 3.50. The number of fused-ring (bicyclic) bond motifs is 3. The molecule has 0 amide bonds. The van der Waals surface area contributed by atoms with E-state index in [-0.39, 0.29) is 0 Å². The Morgan fingerprint density at radius 3 is 2.72 bits per heavy atom. The monoisotopic (exact) mass is 409 g/mol. The van der Waals surface area contributed by atoms with E-state index in [0.29, 0.717) is 6.54 Å². The number of anilines is 1. The third-order valence-electron chi connectivity index (χ3n) is 4.43. The van der Waals surface area contributed by atoms with E-state index >= 15 is 0 Å². The average Bonchev–Trinajstić information content (AvgIpc) is 3.03. The van der Waals surface area contributed by atoms with Gasteiger partial charge in [0.1, 0.15) is 0 Å². The number of thioether (sulfide) groups is 1. The van der Waals surface area contributed by atoms with E-state index in [2.05, 4.69) is 76.2 Å². The fraction of sp³-hybridized carbons (Fsp3) is 0.227. The summed E-state index contributed by atoms with van der Waals surface area (Å²) in [5.74, 6) is -0.833. The average molecular weight is 410 g/mol. The van der Waals surface area contributed by atoms with Gasteiger partial charge in [-0.1, -0.05) is 42.1 Å². The molecule has 0 atom stereocenters. The summed E-state index contributed by atoms with van der Waals surface area (Å²) in [6.45, 7) is 2.69. The molecule has 4 rings (SSSR count).